The van der Waals surface area contributed by atoms with Crippen LogP contribution in [0.5, 0.6) is 0 Å². The number of nitrogens with zero attached hydrogens (tertiary/aromatic N) is 1. The molecule has 1 aliphatic heterocycles. The van der Waals surface area contributed by atoms with E-state index < -0.39 is 35.5 Å². The van der Waals surface area contributed by atoms with E-state index in [0.717, 1.165) is 4.90 Å². The molecule has 2 unspecified atom stereocenters. The van der Waals surface area contributed by atoms with Gasteiger partial charge in [-0.15, -0.1) is 0 Å². The molecule has 0 bridgehead atoms. The second-order valence-electron chi connectivity index (χ2n) is 6.67. The van der Waals surface area contributed by atoms with E-state index in [9.17, 15) is 19.5 Å². The minimum atomic E-state index is -1.48. The van der Waals surface area contributed by atoms with Crippen molar-refractivity contribution in [1.82, 2.24) is 10.2 Å². The Kier molecular flexibility index (Phi) is 8.74. The van der Waals surface area contributed by atoms with Gasteiger partial charge in [-0.05, 0) is 25.8 Å². The van der Waals surface area contributed by atoms with E-state index in [1.54, 1.807) is 37.3 Å². The number of carbonyl (C=O) groups excluding carboxylic acids is 3. The van der Waals surface area contributed by atoms with Crippen LogP contribution in [0.15, 0.2) is 30.3 Å². The molecular weight excluding hydrogens is 382 g/mol. The molecule has 5 N–H and O–H groups in total. The molecule has 0 spiro atoms. The third-order valence-corrected chi connectivity index (χ3v) is 4.28. The Labute approximate surface area is 168 Å². The highest BCUT2D eigenvalue weighted by atomic mass is 16.5. The lowest BCUT2D eigenvalue weighted by Gasteiger charge is -2.39. The lowest BCUT2D eigenvalue weighted by atomic mass is 9.74. The Hall–Kier alpha value is -2.98. The Morgan fingerprint density at radius 3 is 2.28 bits per heavy atom. The van der Waals surface area contributed by atoms with Gasteiger partial charge in [-0.25, -0.2) is 9.59 Å². The standard InChI is InChI=1S/C18H24N2O5.CH3NO2/c1-4-18(13-8-6-5-7-9-13)15(22)19-17(24)20(16(18)23)10-14(21)11-25-12(2)3;2-1(3)4/h5-9,12,14,21H,4,10-11H2,1-3H3,(H,19,22,24);2H2,(H,3,4). The lowest BCUT2D eigenvalue weighted by Crippen LogP contribution is -2.66. The van der Waals surface area contributed by atoms with Gasteiger partial charge < -0.3 is 20.7 Å². The van der Waals surface area contributed by atoms with Crippen LogP contribution in [0.3, 0.4) is 0 Å². The van der Waals surface area contributed by atoms with Crippen LogP contribution in [0, 0.1) is 0 Å². The van der Waals surface area contributed by atoms with Crippen molar-refractivity contribution in [3.05, 3.63) is 35.9 Å². The molecule has 0 radical (unpaired) electrons. The Morgan fingerprint density at radius 1 is 1.24 bits per heavy atom. The number of hydrogen-bond acceptors (Lipinski definition) is 6. The maximum Gasteiger partial charge on any atom is 0.402 e. The van der Waals surface area contributed by atoms with Gasteiger partial charge in [0.05, 0.1) is 25.4 Å². The minimum absolute atomic E-state index is 0.00681. The predicted molar refractivity (Wildman–Crippen MR) is 103 cm³/mol. The number of nitrogens with one attached hydrogen (secondary N) is 1. The van der Waals surface area contributed by atoms with Crippen LogP contribution in [0.2, 0.25) is 0 Å². The summed E-state index contributed by atoms with van der Waals surface area (Å²) in [6, 6.07) is 7.81. The summed E-state index contributed by atoms with van der Waals surface area (Å²) in [5.74, 6) is -1.26. The van der Waals surface area contributed by atoms with E-state index in [-0.39, 0.29) is 25.7 Å². The summed E-state index contributed by atoms with van der Waals surface area (Å²) in [4.78, 5) is 47.4. The first kappa shape index (κ1) is 24.1. The summed E-state index contributed by atoms with van der Waals surface area (Å²) < 4.78 is 5.31. The average molecular weight is 409 g/mol. The highest BCUT2D eigenvalue weighted by molar-refractivity contribution is 6.22. The van der Waals surface area contributed by atoms with Gasteiger partial charge in [0.25, 0.3) is 5.91 Å². The van der Waals surface area contributed by atoms with Crippen molar-refractivity contribution >= 4 is 23.9 Å². The number of carboxylic acid groups (broad SMARTS) is 1. The third kappa shape index (κ3) is 6.00. The van der Waals surface area contributed by atoms with Crippen LogP contribution in [0.25, 0.3) is 0 Å². The van der Waals surface area contributed by atoms with Gasteiger partial charge >= 0.3 is 12.1 Å². The summed E-state index contributed by atoms with van der Waals surface area (Å²) in [7, 11) is 0. The molecule has 1 fully saturated rings. The van der Waals surface area contributed by atoms with Crippen molar-refractivity contribution in [2.24, 2.45) is 5.73 Å². The molecule has 2 atom stereocenters. The molecule has 1 aromatic carbocycles. The maximum atomic E-state index is 13.1. The molecule has 160 valence electrons. The first-order valence-electron chi connectivity index (χ1n) is 9.07. The summed E-state index contributed by atoms with van der Waals surface area (Å²) in [6.07, 6.45) is -2.25. The molecule has 5 amide bonds. The highest BCUT2D eigenvalue weighted by Crippen LogP contribution is 2.33. The second kappa shape index (κ2) is 10.5. The average Bonchev–Trinajstić information content (AvgIpc) is 2.64. The molecular formula is C19H27N3O7. The quantitative estimate of drug-likeness (QED) is 0.485. The first-order valence-corrected chi connectivity index (χ1v) is 9.07. The SMILES string of the molecule is CCC1(c2ccccc2)C(=O)NC(=O)N(CC(O)COC(C)C)C1=O.NC(=O)O. The molecule has 0 aromatic heterocycles. The van der Waals surface area contributed by atoms with E-state index in [4.69, 9.17) is 14.6 Å². The number of β-amino-alcohol motifs (C(OH)–C–C–N with tert-alkyl or cyclic N) is 1. The normalized spacial score (nSPS) is 20.0. The molecule has 1 aromatic rings. The highest BCUT2D eigenvalue weighted by Gasteiger charge is 2.54. The van der Waals surface area contributed by atoms with Crippen molar-refractivity contribution < 1.29 is 34.1 Å². The zero-order valence-corrected chi connectivity index (χ0v) is 16.6. The zero-order valence-electron chi connectivity index (χ0n) is 16.6. The van der Waals surface area contributed by atoms with Crippen LogP contribution in [-0.2, 0) is 19.7 Å². The van der Waals surface area contributed by atoms with Crippen molar-refractivity contribution in [3.63, 3.8) is 0 Å². The minimum Gasteiger partial charge on any atom is -0.465 e. The summed E-state index contributed by atoms with van der Waals surface area (Å²) >= 11 is 0. The topological polar surface area (TPSA) is 159 Å². The van der Waals surface area contributed by atoms with Crippen LogP contribution >= 0.6 is 0 Å². The van der Waals surface area contributed by atoms with E-state index >= 15 is 0 Å². The lowest BCUT2D eigenvalue weighted by molar-refractivity contribution is -0.147. The van der Waals surface area contributed by atoms with Gasteiger partial charge in [-0.3, -0.25) is 19.8 Å². The summed E-state index contributed by atoms with van der Waals surface area (Å²) in [6.45, 7) is 5.12. The maximum absolute atomic E-state index is 13.1. The molecule has 29 heavy (non-hydrogen) atoms. The van der Waals surface area contributed by atoms with Crippen LogP contribution in [0.1, 0.15) is 32.8 Å². The number of benzene rings is 1. The van der Waals surface area contributed by atoms with Gasteiger partial charge in [0.15, 0.2) is 5.41 Å². The number of imide groups is 2. The van der Waals surface area contributed by atoms with Crippen LogP contribution in [0.4, 0.5) is 9.59 Å². The number of hydrogen-bond donors (Lipinski definition) is 4. The number of aliphatic hydroxyl groups is 1. The predicted octanol–water partition coefficient (Wildman–Crippen LogP) is 0.822. The zero-order chi connectivity index (χ0) is 22.2. The van der Waals surface area contributed by atoms with Crippen molar-refractivity contribution in [1.29, 1.82) is 0 Å². The van der Waals surface area contributed by atoms with Crippen molar-refractivity contribution in [3.8, 4) is 0 Å². The number of rotatable bonds is 7. The van der Waals surface area contributed by atoms with Crippen molar-refractivity contribution in [2.75, 3.05) is 13.2 Å². The molecule has 0 saturated carbocycles. The molecule has 10 nitrogen and oxygen atoms in total. The number of nitrogens with two attached hydrogens (primary N) is 1. The van der Waals surface area contributed by atoms with Gasteiger partial charge in [0, 0.05) is 0 Å². The number of aliphatic hydroxyl groups excluding tert-OH is 1. The number of amides is 5. The van der Waals surface area contributed by atoms with Crippen molar-refractivity contribution in [2.45, 2.75) is 44.8 Å². The molecule has 0 aliphatic carbocycles. The summed E-state index contributed by atoms with van der Waals surface area (Å²) in [5.41, 5.74) is 3.07. The molecule has 2 rings (SSSR count). The van der Waals surface area contributed by atoms with Crippen LogP contribution in [-0.4, -0.2) is 64.4 Å². The number of primary amides is 1. The van der Waals surface area contributed by atoms with E-state index in [0.29, 0.717) is 5.56 Å². The summed E-state index contributed by atoms with van der Waals surface area (Å²) in [5, 5.41) is 19.5. The molecule has 10 heteroatoms. The third-order valence-electron chi connectivity index (χ3n) is 4.28. The fourth-order valence-corrected chi connectivity index (χ4v) is 2.92. The Balaban J connectivity index is 0.000000960. The fourth-order valence-electron chi connectivity index (χ4n) is 2.92. The number of ether oxygens (including phenoxy) is 1. The van der Waals surface area contributed by atoms with Gasteiger partial charge in [0.2, 0.25) is 5.91 Å². The number of urea groups is 1. The fraction of sp³-hybridized carbons (Fsp3) is 0.474. The Morgan fingerprint density at radius 2 is 1.79 bits per heavy atom. The largest absolute Gasteiger partial charge is 0.465 e. The van der Waals surface area contributed by atoms with Gasteiger partial charge in [0.1, 0.15) is 0 Å². The molecule has 1 aliphatic rings. The van der Waals surface area contributed by atoms with Gasteiger partial charge in [-0.2, -0.15) is 0 Å². The van der Waals surface area contributed by atoms with Gasteiger partial charge in [-0.1, -0.05) is 37.3 Å². The molecule has 1 heterocycles. The second-order valence-corrected chi connectivity index (χ2v) is 6.67. The number of carbonyl (C=O) groups is 4. The van der Waals surface area contributed by atoms with E-state index in [1.165, 1.54) is 0 Å². The Bertz CT molecular complexity index is 735. The van der Waals surface area contributed by atoms with Crippen LogP contribution < -0.4 is 11.1 Å². The number of barbiturate groups is 1. The first-order chi connectivity index (χ1) is 13.6. The van der Waals surface area contributed by atoms with E-state index in [2.05, 4.69) is 11.1 Å². The molecule has 1 saturated heterocycles. The smallest absolute Gasteiger partial charge is 0.402 e. The monoisotopic (exact) mass is 409 g/mol. The van der Waals surface area contributed by atoms with E-state index in [1.807, 2.05) is 13.8 Å².